The third-order valence-electron chi connectivity index (χ3n) is 0. The molecule has 286 valence electrons. The minimum atomic E-state index is -0.750. The molecule has 0 heterocycles. The lowest BCUT2D eigenvalue weighted by molar-refractivity contribution is 1.96. The summed E-state index contributed by atoms with van der Waals surface area (Å²) in [5.74, 6) is 0. The van der Waals surface area contributed by atoms with Crippen molar-refractivity contribution in [2.75, 3.05) is 0 Å². The number of hydrogen-bond acceptors (Lipinski definition) is 0. The minimum Gasteiger partial charge on any atom is -0.0874 e. The molecule has 0 rings (SSSR count). The molecule has 0 N–H and O–H groups in total. The molecule has 0 saturated heterocycles. The SMILES string of the molecule is ClC(Cl)Cl.ClC(Cl)Cl.ClC(Cl)Cl.ClC(Cl)Cl.ClC(Cl)Cl.ClC(Cl)Cl.ClC(Cl)Cl.ClC(Cl)Cl.ClC(Cl)Cl.ClC(Cl)Cl.ClC(Cl)Cl. The quantitative estimate of drug-likeness (QED) is 0.212. The average molecular weight is 1310 g/mol. The van der Waals surface area contributed by atoms with Crippen LogP contribution in [-0.4, -0.2) is 47.2 Å². The Kier molecular flexibility index (Phi) is 143. The molecule has 0 saturated carbocycles. The van der Waals surface area contributed by atoms with Gasteiger partial charge in [-0.25, -0.2) is 0 Å². The summed E-state index contributed by atoms with van der Waals surface area (Å²) < 4.78 is -8.25. The van der Waals surface area contributed by atoms with Gasteiger partial charge in [-0.05, 0) is 0 Å². The highest BCUT2D eigenvalue weighted by Crippen LogP contribution is 2.07. The van der Waals surface area contributed by atoms with E-state index >= 15 is 0 Å². The van der Waals surface area contributed by atoms with Gasteiger partial charge in [0.15, 0.2) is 47.2 Å². The van der Waals surface area contributed by atoms with Crippen LogP contribution in [0.5, 0.6) is 0 Å². The molecular formula is C11H11Cl33. The van der Waals surface area contributed by atoms with Crippen molar-refractivity contribution in [1.82, 2.24) is 0 Å². The zero-order valence-electron chi connectivity index (χ0n) is 18.8. The first-order chi connectivity index (χ1) is 19.1. The lowest BCUT2D eigenvalue weighted by Gasteiger charge is -1.69. The van der Waals surface area contributed by atoms with Crippen molar-refractivity contribution in [1.29, 1.82) is 0 Å². The molecule has 0 unspecified atom stereocenters. The van der Waals surface area contributed by atoms with E-state index in [9.17, 15) is 0 Å². The van der Waals surface area contributed by atoms with Crippen LogP contribution in [0.15, 0.2) is 0 Å². The molecule has 0 fully saturated rings. The van der Waals surface area contributed by atoms with Crippen LogP contribution in [0.3, 0.4) is 0 Å². The first-order valence-corrected chi connectivity index (χ1v) is 21.6. The second-order valence-corrected chi connectivity index (χ2v) is 24.5. The van der Waals surface area contributed by atoms with Crippen LogP contribution in [0.25, 0.3) is 0 Å². The Balaban J connectivity index is -0.0000000302. The second-order valence-electron chi connectivity index (χ2n) is 2.72. The highest BCUT2D eigenvalue weighted by Gasteiger charge is 1.82. The summed E-state index contributed by atoms with van der Waals surface area (Å²) in [5, 5.41) is 0. The first kappa shape index (κ1) is 81.7. The Morgan fingerprint density at radius 1 is 0.0909 bits per heavy atom. The van der Waals surface area contributed by atoms with Crippen molar-refractivity contribution in [3.63, 3.8) is 0 Å². The fraction of sp³-hybridized carbons (Fsp3) is 1.00. The van der Waals surface area contributed by atoms with Crippen molar-refractivity contribution in [2.45, 2.75) is 47.2 Å². The Morgan fingerprint density at radius 2 is 0.0909 bits per heavy atom. The molecule has 0 spiro atoms. The summed E-state index contributed by atoms with van der Waals surface area (Å²) in [6.45, 7) is 0. The Hall–Kier alpha value is 9.57. The summed E-state index contributed by atoms with van der Waals surface area (Å²) in [4.78, 5) is 0. The van der Waals surface area contributed by atoms with Crippen molar-refractivity contribution in [3.8, 4) is 0 Å². The van der Waals surface area contributed by atoms with Crippen LogP contribution in [-0.2, 0) is 0 Å². The lowest BCUT2D eigenvalue weighted by atomic mass is 11.9. The molecule has 0 atom stereocenters. The van der Waals surface area contributed by atoms with Gasteiger partial charge in [-0.15, -0.1) is 0 Å². The molecule has 44 heavy (non-hydrogen) atoms. The van der Waals surface area contributed by atoms with E-state index in [0.29, 0.717) is 0 Å². The summed E-state index contributed by atoms with van der Waals surface area (Å²) in [6, 6.07) is 0. The maximum absolute atomic E-state index is 4.81. The average Bonchev–Trinajstić information content (AvgIpc) is 2.55. The van der Waals surface area contributed by atoms with E-state index in [2.05, 4.69) is 0 Å². The van der Waals surface area contributed by atoms with Gasteiger partial charge in [0.1, 0.15) is 0 Å². The summed E-state index contributed by atoms with van der Waals surface area (Å²) in [6.07, 6.45) is 0. The standard InChI is InChI=1S/11CHCl3/c11*2-1(3)4/h11*1H. The smallest absolute Gasteiger partial charge is 0.0874 e. The Morgan fingerprint density at radius 3 is 0.0909 bits per heavy atom. The molecule has 0 aromatic carbocycles. The molecule has 0 aliphatic rings. The van der Waals surface area contributed by atoms with E-state index in [1.165, 1.54) is 0 Å². The molecule has 0 amide bonds. The first-order valence-electron chi connectivity index (χ1n) is 7.20. The van der Waals surface area contributed by atoms with Gasteiger partial charge in [-0.2, -0.15) is 0 Å². The minimum absolute atomic E-state index is 0.750. The summed E-state index contributed by atoms with van der Waals surface area (Å²) >= 11 is 159. The highest BCUT2D eigenvalue weighted by atomic mass is 35.6. The number of hydrogen-bond donors (Lipinski definition) is 0. The maximum atomic E-state index is 4.81. The lowest BCUT2D eigenvalue weighted by Crippen LogP contribution is -1.55. The largest absolute Gasteiger partial charge is 0.180 e. The van der Waals surface area contributed by atoms with Gasteiger partial charge in [0, 0.05) is 0 Å². The van der Waals surface area contributed by atoms with Crippen LogP contribution < -0.4 is 0 Å². The topological polar surface area (TPSA) is 0 Å². The second kappa shape index (κ2) is 77.1. The van der Waals surface area contributed by atoms with E-state index in [0.717, 1.165) is 0 Å². The number of rotatable bonds is 0. The molecule has 0 aliphatic heterocycles. The monoisotopic (exact) mass is 1300 g/mol. The van der Waals surface area contributed by atoms with E-state index in [-0.39, 0.29) is 0 Å². The maximum Gasteiger partial charge on any atom is 0.180 e. The molecule has 0 aromatic heterocycles. The molecular weight excluding hydrogens is 1300 g/mol. The van der Waals surface area contributed by atoms with E-state index in [4.69, 9.17) is 383 Å². The molecule has 0 bridgehead atoms. The van der Waals surface area contributed by atoms with Crippen LogP contribution in [0.4, 0.5) is 0 Å². The van der Waals surface area contributed by atoms with E-state index in [1.54, 1.807) is 0 Å². The predicted molar refractivity (Wildman–Crippen MR) is 235 cm³/mol. The normalized spacial score (nSPS) is 9.00. The summed E-state index contributed by atoms with van der Waals surface area (Å²) in [5.41, 5.74) is 0. The van der Waals surface area contributed by atoms with Gasteiger partial charge in [-0.1, -0.05) is 383 Å². The molecule has 0 aliphatic carbocycles. The van der Waals surface area contributed by atoms with Crippen LogP contribution in [0, 0.1) is 0 Å². The third kappa shape index (κ3) is 1440. The number of halogens is 33. The molecule has 0 aromatic rings. The third-order valence-corrected chi connectivity index (χ3v) is 0. The van der Waals surface area contributed by atoms with Gasteiger partial charge >= 0.3 is 0 Å². The van der Waals surface area contributed by atoms with Crippen molar-refractivity contribution in [3.05, 3.63) is 0 Å². The zero-order chi connectivity index (χ0) is 39.4. The highest BCUT2D eigenvalue weighted by molar-refractivity contribution is 6.66. The molecule has 0 radical (unpaired) electrons. The van der Waals surface area contributed by atoms with Crippen LogP contribution in [0.1, 0.15) is 0 Å². The fourth-order valence-electron chi connectivity index (χ4n) is 0. The number of alkyl halides is 33. The summed E-state index contributed by atoms with van der Waals surface area (Å²) in [7, 11) is 0. The van der Waals surface area contributed by atoms with E-state index < -0.39 is 47.2 Å². The van der Waals surface area contributed by atoms with Crippen molar-refractivity contribution >= 4 is 383 Å². The van der Waals surface area contributed by atoms with Gasteiger partial charge in [0.25, 0.3) is 0 Å². The van der Waals surface area contributed by atoms with Crippen molar-refractivity contribution in [2.24, 2.45) is 0 Å². The predicted octanol–water partition coefficient (Wildman–Crippen LogP) is 21.9. The van der Waals surface area contributed by atoms with Crippen LogP contribution >= 0.6 is 383 Å². The van der Waals surface area contributed by atoms with Gasteiger partial charge in [-0.3, -0.25) is 0 Å². The Bertz CT molecular complexity index is 202. The van der Waals surface area contributed by atoms with E-state index in [1.807, 2.05) is 0 Å². The van der Waals surface area contributed by atoms with Gasteiger partial charge < -0.3 is 0 Å². The zero-order valence-corrected chi connectivity index (χ0v) is 43.8. The Labute approximate surface area is 422 Å². The van der Waals surface area contributed by atoms with Crippen molar-refractivity contribution < 1.29 is 0 Å². The van der Waals surface area contributed by atoms with Crippen LogP contribution in [0.2, 0.25) is 0 Å². The molecule has 33 heteroatoms. The van der Waals surface area contributed by atoms with Gasteiger partial charge in [0.05, 0.1) is 0 Å². The van der Waals surface area contributed by atoms with Gasteiger partial charge in [0.2, 0.25) is 0 Å². The fourth-order valence-corrected chi connectivity index (χ4v) is 0. The molecule has 0 nitrogen and oxygen atoms in total.